The number of carbonyl (C=O) groups excluding carboxylic acids is 1. The van der Waals surface area contributed by atoms with E-state index in [9.17, 15) is 18.3 Å². The summed E-state index contributed by atoms with van der Waals surface area (Å²) in [5.41, 5.74) is 1.04. The molecule has 0 spiro atoms. The zero-order valence-electron chi connectivity index (χ0n) is 15.8. The van der Waals surface area contributed by atoms with Gasteiger partial charge < -0.3 is 14.8 Å². The number of hydrogen-bond donors (Lipinski definition) is 2. The SMILES string of the molecule is CC[NH+](CC)CCC[C@H](C)NS(=O)(=O)c1cc(C(=O)[O-])cc(C)c1C. The van der Waals surface area contributed by atoms with Crippen LogP contribution >= 0.6 is 0 Å². The predicted molar refractivity (Wildman–Crippen MR) is 96.2 cm³/mol. The Kier molecular flexibility index (Phi) is 8.05. The molecule has 2 N–H and O–H groups in total. The summed E-state index contributed by atoms with van der Waals surface area (Å²) in [7, 11) is -3.78. The molecule has 0 bridgehead atoms. The molecule has 0 heterocycles. The van der Waals surface area contributed by atoms with E-state index < -0.39 is 16.0 Å². The van der Waals surface area contributed by atoms with Crippen LogP contribution < -0.4 is 14.7 Å². The molecule has 0 radical (unpaired) electrons. The van der Waals surface area contributed by atoms with Crippen LogP contribution in [0, 0.1) is 13.8 Å². The van der Waals surface area contributed by atoms with Gasteiger partial charge in [-0.1, -0.05) is 0 Å². The normalized spacial score (nSPS) is 13.2. The monoisotopic (exact) mass is 370 g/mol. The topological polar surface area (TPSA) is 90.7 Å². The molecule has 0 aromatic heterocycles. The molecule has 25 heavy (non-hydrogen) atoms. The Morgan fingerprint density at radius 3 is 2.36 bits per heavy atom. The van der Waals surface area contributed by atoms with E-state index in [0.29, 0.717) is 11.1 Å². The Hall–Kier alpha value is -1.44. The lowest BCUT2D eigenvalue weighted by Gasteiger charge is -2.19. The smallest absolute Gasteiger partial charge is 0.241 e. The summed E-state index contributed by atoms with van der Waals surface area (Å²) in [6.07, 6.45) is 1.67. The minimum atomic E-state index is -3.78. The minimum Gasteiger partial charge on any atom is -0.545 e. The van der Waals surface area contributed by atoms with Gasteiger partial charge in [0.2, 0.25) is 10.0 Å². The summed E-state index contributed by atoms with van der Waals surface area (Å²) in [6, 6.07) is 2.39. The van der Waals surface area contributed by atoms with E-state index in [2.05, 4.69) is 18.6 Å². The molecule has 0 amide bonds. The van der Waals surface area contributed by atoms with Crippen molar-refractivity contribution >= 4 is 16.0 Å². The molecule has 0 saturated carbocycles. The molecule has 0 saturated heterocycles. The zero-order valence-corrected chi connectivity index (χ0v) is 16.6. The molecule has 1 aromatic rings. The Morgan fingerprint density at radius 2 is 1.84 bits per heavy atom. The lowest BCUT2D eigenvalue weighted by atomic mass is 10.1. The standard InChI is InChI=1S/C18H30N2O4S/c1-6-20(7-2)10-8-9-14(4)19-25(23,24)17-12-16(18(21)22)11-13(3)15(17)5/h11-12,14,19H,6-10H2,1-5H3,(H,21,22)/t14-/m0/s1. The van der Waals surface area contributed by atoms with Crippen LogP contribution in [0.5, 0.6) is 0 Å². The number of hydrogen-bond acceptors (Lipinski definition) is 4. The number of aryl methyl sites for hydroxylation is 1. The van der Waals surface area contributed by atoms with Crippen molar-refractivity contribution in [2.75, 3.05) is 19.6 Å². The van der Waals surface area contributed by atoms with E-state index in [1.165, 1.54) is 17.0 Å². The van der Waals surface area contributed by atoms with Gasteiger partial charge >= 0.3 is 0 Å². The van der Waals surface area contributed by atoms with Gasteiger partial charge in [-0.3, -0.25) is 0 Å². The highest BCUT2D eigenvalue weighted by molar-refractivity contribution is 7.89. The fraction of sp³-hybridized carbons (Fsp3) is 0.611. The summed E-state index contributed by atoms with van der Waals surface area (Å²) in [5, 5.41) is 11.1. The molecule has 1 atom stereocenters. The first-order valence-corrected chi connectivity index (χ1v) is 10.3. The first-order valence-electron chi connectivity index (χ1n) is 8.80. The molecule has 1 aromatic carbocycles. The quantitative estimate of drug-likeness (QED) is 0.608. The number of carboxylic acids is 1. The Labute approximate surface area is 151 Å². The molecular formula is C18H30N2O4S. The molecule has 0 aliphatic rings. The lowest BCUT2D eigenvalue weighted by molar-refractivity contribution is -0.896. The van der Waals surface area contributed by atoms with Crippen LogP contribution in [0.3, 0.4) is 0 Å². The van der Waals surface area contributed by atoms with Gasteiger partial charge in [0.05, 0.1) is 30.5 Å². The van der Waals surface area contributed by atoms with E-state index in [1.54, 1.807) is 13.8 Å². The third-order valence-corrected chi connectivity index (χ3v) is 6.38. The predicted octanol–water partition coefficient (Wildman–Crippen LogP) is 0.0386. The van der Waals surface area contributed by atoms with Crippen LogP contribution in [0.15, 0.2) is 17.0 Å². The van der Waals surface area contributed by atoms with Crippen molar-refractivity contribution in [3.63, 3.8) is 0 Å². The van der Waals surface area contributed by atoms with Crippen LogP contribution in [0.2, 0.25) is 0 Å². The number of sulfonamides is 1. The average molecular weight is 371 g/mol. The summed E-state index contributed by atoms with van der Waals surface area (Å²) in [4.78, 5) is 12.6. The number of carboxylic acid groups (broad SMARTS) is 1. The van der Waals surface area contributed by atoms with E-state index in [1.807, 2.05) is 6.92 Å². The van der Waals surface area contributed by atoms with Crippen LogP contribution in [-0.2, 0) is 10.0 Å². The highest BCUT2D eigenvalue weighted by atomic mass is 32.2. The first-order chi connectivity index (χ1) is 11.6. The second kappa shape index (κ2) is 9.31. The molecular weight excluding hydrogens is 340 g/mol. The second-order valence-electron chi connectivity index (χ2n) is 6.58. The van der Waals surface area contributed by atoms with Crippen molar-refractivity contribution in [2.45, 2.75) is 58.4 Å². The third-order valence-electron chi connectivity index (χ3n) is 4.67. The van der Waals surface area contributed by atoms with E-state index in [-0.39, 0.29) is 16.5 Å². The van der Waals surface area contributed by atoms with Gasteiger partial charge in [0.1, 0.15) is 0 Å². The molecule has 0 unspecified atom stereocenters. The fourth-order valence-electron chi connectivity index (χ4n) is 2.87. The number of aromatic carboxylic acids is 1. The number of rotatable bonds is 10. The second-order valence-corrected chi connectivity index (χ2v) is 8.26. The molecule has 0 aliphatic carbocycles. The van der Waals surface area contributed by atoms with E-state index in [4.69, 9.17) is 0 Å². The van der Waals surface area contributed by atoms with Crippen molar-refractivity contribution in [2.24, 2.45) is 0 Å². The maximum absolute atomic E-state index is 12.7. The van der Waals surface area contributed by atoms with Gasteiger partial charge in [-0.2, -0.15) is 0 Å². The van der Waals surface area contributed by atoms with Gasteiger partial charge in [0.15, 0.2) is 0 Å². The van der Waals surface area contributed by atoms with Gasteiger partial charge in [-0.05, 0) is 76.3 Å². The Bertz CT molecular complexity index is 697. The average Bonchev–Trinajstić information content (AvgIpc) is 2.53. The van der Waals surface area contributed by atoms with Crippen LogP contribution in [0.4, 0.5) is 0 Å². The summed E-state index contributed by atoms with van der Waals surface area (Å²) < 4.78 is 28.0. The fourth-order valence-corrected chi connectivity index (χ4v) is 4.49. The summed E-state index contributed by atoms with van der Waals surface area (Å²) in [6.45, 7) is 12.6. The van der Waals surface area contributed by atoms with Crippen molar-refractivity contribution in [1.29, 1.82) is 0 Å². The van der Waals surface area contributed by atoms with Crippen molar-refractivity contribution in [3.8, 4) is 0 Å². The molecule has 7 heteroatoms. The van der Waals surface area contributed by atoms with Gasteiger partial charge in [-0.15, -0.1) is 0 Å². The van der Waals surface area contributed by atoms with E-state index in [0.717, 1.165) is 32.5 Å². The Balaban J connectivity index is 2.86. The van der Waals surface area contributed by atoms with Crippen molar-refractivity contribution in [3.05, 3.63) is 28.8 Å². The molecule has 0 fully saturated rings. The molecule has 0 aliphatic heterocycles. The number of benzene rings is 1. The zero-order chi connectivity index (χ0) is 19.2. The van der Waals surface area contributed by atoms with E-state index >= 15 is 0 Å². The number of quaternary nitrogens is 1. The number of carbonyl (C=O) groups is 1. The molecule has 142 valence electrons. The van der Waals surface area contributed by atoms with Gasteiger partial charge in [0.25, 0.3) is 0 Å². The van der Waals surface area contributed by atoms with Crippen molar-refractivity contribution in [1.82, 2.24) is 4.72 Å². The van der Waals surface area contributed by atoms with Crippen LogP contribution in [0.25, 0.3) is 0 Å². The molecule has 6 nitrogen and oxygen atoms in total. The summed E-state index contributed by atoms with van der Waals surface area (Å²) >= 11 is 0. The highest BCUT2D eigenvalue weighted by Crippen LogP contribution is 2.21. The van der Waals surface area contributed by atoms with Crippen LogP contribution in [0.1, 0.15) is 55.1 Å². The first kappa shape index (κ1) is 21.6. The van der Waals surface area contributed by atoms with Crippen LogP contribution in [-0.4, -0.2) is 40.1 Å². The maximum atomic E-state index is 12.7. The van der Waals surface area contributed by atoms with Gasteiger partial charge in [0, 0.05) is 6.04 Å². The minimum absolute atomic E-state index is 0.00733. The molecule has 1 rings (SSSR count). The third kappa shape index (κ3) is 6.09. The van der Waals surface area contributed by atoms with Gasteiger partial charge in [-0.25, -0.2) is 13.1 Å². The summed E-state index contributed by atoms with van der Waals surface area (Å²) in [5.74, 6) is -1.38. The number of nitrogens with one attached hydrogen (secondary N) is 2. The largest absolute Gasteiger partial charge is 0.545 e. The van der Waals surface area contributed by atoms with Crippen molar-refractivity contribution < 1.29 is 23.2 Å². The maximum Gasteiger partial charge on any atom is 0.241 e. The highest BCUT2D eigenvalue weighted by Gasteiger charge is 2.21. The Morgan fingerprint density at radius 1 is 1.24 bits per heavy atom. The lowest BCUT2D eigenvalue weighted by Crippen LogP contribution is -3.11.